The molecule has 0 saturated heterocycles. The van der Waals surface area contributed by atoms with E-state index in [-0.39, 0.29) is 5.30 Å². The van der Waals surface area contributed by atoms with E-state index in [2.05, 4.69) is 0 Å². The Kier molecular flexibility index (Phi) is 2.24. The van der Waals surface area contributed by atoms with Gasteiger partial charge in [0.25, 0.3) is 0 Å². The van der Waals surface area contributed by atoms with Gasteiger partial charge in [-0.2, -0.15) is 0 Å². The monoisotopic (exact) mass is 184 g/mol. The molecule has 0 N–H and O–H groups in total. The third-order valence-electron chi connectivity index (χ3n) is 1.28. The van der Waals surface area contributed by atoms with E-state index in [1.54, 1.807) is 0 Å². The highest BCUT2D eigenvalue weighted by molar-refractivity contribution is 6.49. The van der Waals surface area contributed by atoms with Crippen LogP contribution in [0.15, 0.2) is 23.9 Å². The second-order valence-corrected chi connectivity index (χ2v) is 3.98. The fraction of sp³-hybridized carbons (Fsp3) is 0. The predicted molar refractivity (Wildman–Crippen MR) is 41.4 cm³/mol. The van der Waals surface area contributed by atoms with E-state index in [9.17, 15) is 20.2 Å². The molecule has 0 aliphatic carbocycles. The normalized spacial score (nSPS) is 9.33. The molecule has 12 heavy (non-hydrogen) atoms. The first kappa shape index (κ1) is 8.46. The maximum Gasteiger partial charge on any atom is 0.553 e. The average Bonchev–Trinajstić information content (AvgIpc) is 2.04. The molecule has 0 aromatic carbocycles. The smallest absolute Gasteiger partial charge is 0.282 e. The molecule has 0 aliphatic rings. The van der Waals surface area contributed by atoms with E-state index in [1.165, 1.54) is 23.9 Å². The first-order valence-corrected chi connectivity index (χ1v) is 4.53. The molecule has 0 atom stereocenters. The van der Waals surface area contributed by atoms with Gasteiger partial charge in [0.2, 0.25) is 0 Å². The Labute approximate surface area is 68.4 Å². The molecule has 0 saturated carbocycles. The van der Waals surface area contributed by atoms with Gasteiger partial charge in [-0.3, -0.25) is 20.2 Å². The van der Waals surface area contributed by atoms with E-state index in [0.717, 1.165) is 0 Å². The van der Waals surface area contributed by atoms with Crippen molar-refractivity contribution in [1.29, 1.82) is 0 Å². The first-order valence-electron chi connectivity index (χ1n) is 3.00. The Bertz CT molecular complexity index is 307. The zero-order chi connectivity index (χ0) is 9.14. The van der Waals surface area contributed by atoms with Gasteiger partial charge < -0.3 is 0 Å². The van der Waals surface area contributed by atoms with E-state index < -0.39 is 18.1 Å². The van der Waals surface area contributed by atoms with Crippen LogP contribution < -0.4 is 0 Å². The third kappa shape index (κ3) is 1.51. The minimum Gasteiger partial charge on any atom is -0.282 e. The van der Waals surface area contributed by atoms with Crippen LogP contribution >= 0.6 is 0 Å². The second-order valence-electron chi connectivity index (χ2n) is 2.00. The summed E-state index contributed by atoms with van der Waals surface area (Å²) in [4.78, 5) is 19.9. The van der Waals surface area contributed by atoms with Gasteiger partial charge in [-0.15, -0.1) is 0 Å². The Morgan fingerprint density at radius 1 is 1.25 bits per heavy atom. The number of hydrogen-bond donors (Lipinski definition) is 0. The van der Waals surface area contributed by atoms with Gasteiger partial charge in [-0.1, -0.05) is 12.1 Å². The molecule has 7 heteroatoms. The topological polar surface area (TPSA) is 86.3 Å². The highest BCUT2D eigenvalue weighted by Gasteiger charge is 2.25. The van der Waals surface area contributed by atoms with Crippen molar-refractivity contribution in [1.82, 2.24) is 0 Å². The molecule has 62 valence electrons. The zero-order valence-corrected chi connectivity index (χ0v) is 6.84. The summed E-state index contributed by atoms with van der Waals surface area (Å²) in [6.07, 6.45) is 0. The van der Waals surface area contributed by atoms with E-state index in [4.69, 9.17) is 0 Å². The molecular weight excluding hydrogens is 180 g/mol. The van der Waals surface area contributed by atoms with Gasteiger partial charge in [0.15, 0.2) is 0 Å². The summed E-state index contributed by atoms with van der Waals surface area (Å²) in [6, 6.07) is 4.07. The van der Waals surface area contributed by atoms with Crippen molar-refractivity contribution in [3.8, 4) is 0 Å². The van der Waals surface area contributed by atoms with Crippen molar-refractivity contribution < 1.29 is 9.51 Å². The summed E-state index contributed by atoms with van der Waals surface area (Å²) >= 11 is 0. The van der Waals surface area contributed by atoms with Crippen molar-refractivity contribution in [2.45, 2.75) is 0 Å². The third-order valence-corrected chi connectivity index (χ3v) is 3.05. The molecular formula is C5H4N2O4Si. The van der Waals surface area contributed by atoms with E-state index >= 15 is 0 Å². The molecule has 1 aromatic rings. The number of rotatable bonds is 2. The molecule has 0 radical (unpaired) electrons. The van der Waals surface area contributed by atoms with Crippen LogP contribution in [0.5, 0.6) is 0 Å². The molecule has 0 spiro atoms. The van der Waals surface area contributed by atoms with Crippen LogP contribution in [0, 0.1) is 20.2 Å². The van der Waals surface area contributed by atoms with Gasteiger partial charge in [-0.05, 0) is 10.3 Å². The lowest BCUT2D eigenvalue weighted by Gasteiger charge is -1.90. The minimum absolute atomic E-state index is 0.299. The van der Waals surface area contributed by atoms with Crippen molar-refractivity contribution in [3.63, 3.8) is 0 Å². The van der Waals surface area contributed by atoms with Gasteiger partial charge in [0.05, 0.1) is 4.92 Å². The molecule has 1 aromatic heterocycles. The molecule has 0 fully saturated rings. The van der Waals surface area contributed by atoms with Crippen LogP contribution in [0.25, 0.3) is 0 Å². The van der Waals surface area contributed by atoms with E-state index in [1.807, 2.05) is 0 Å². The fourth-order valence-corrected chi connectivity index (χ4v) is 2.00. The standard InChI is InChI=1S/C5H4N2O4Si/c8-6(9)5-3-1-2-4-12(5)7(10)11/h1-4H. The van der Waals surface area contributed by atoms with Crippen LogP contribution in [0.1, 0.15) is 0 Å². The number of nitrogens with zero attached hydrogens (tertiary/aromatic N) is 2. The van der Waals surface area contributed by atoms with Gasteiger partial charge in [0, 0.05) is 6.07 Å². The average molecular weight is 184 g/mol. The maximum absolute atomic E-state index is 10.3. The highest BCUT2D eigenvalue weighted by atomic mass is 28.2. The molecule has 1 heterocycles. The van der Waals surface area contributed by atoms with Crippen molar-refractivity contribution in [2.75, 3.05) is 0 Å². The zero-order valence-electron chi connectivity index (χ0n) is 5.84. The predicted octanol–water partition coefficient (Wildman–Crippen LogP) is 0.660. The Morgan fingerprint density at radius 2 is 1.92 bits per heavy atom. The molecule has 6 nitrogen and oxygen atoms in total. The summed E-state index contributed by atoms with van der Waals surface area (Å²) in [6.45, 7) is 0. The second kappa shape index (κ2) is 3.18. The van der Waals surface area contributed by atoms with Crippen molar-refractivity contribution >= 4 is 13.9 Å². The SMILES string of the molecule is O=[N+]([O-])c1cccc[si]1[N+](=O)[O-]. The molecule has 0 amide bonds. The van der Waals surface area contributed by atoms with E-state index in [0.29, 0.717) is 0 Å². The lowest BCUT2D eigenvalue weighted by Crippen LogP contribution is -2.14. The Hall–Kier alpha value is -1.63. The van der Waals surface area contributed by atoms with Crippen LogP contribution in [0.2, 0.25) is 0 Å². The Balaban J connectivity index is 3.27. The molecule has 0 bridgehead atoms. The van der Waals surface area contributed by atoms with Crippen LogP contribution in [0.4, 0.5) is 5.30 Å². The minimum atomic E-state index is -2.33. The lowest BCUT2D eigenvalue weighted by atomic mass is 10.5. The quantitative estimate of drug-likeness (QED) is 0.383. The first-order chi connectivity index (χ1) is 5.63. The van der Waals surface area contributed by atoms with Gasteiger partial charge in [-0.25, -0.2) is 0 Å². The van der Waals surface area contributed by atoms with Crippen molar-refractivity contribution in [2.24, 2.45) is 0 Å². The maximum atomic E-state index is 10.3. The van der Waals surface area contributed by atoms with Gasteiger partial charge >= 0.3 is 13.9 Å². The van der Waals surface area contributed by atoms with Crippen LogP contribution in [0.3, 0.4) is 0 Å². The molecule has 1 rings (SSSR count). The molecule has 0 aliphatic heterocycles. The van der Waals surface area contributed by atoms with Crippen LogP contribution in [-0.4, -0.2) is 18.1 Å². The largest absolute Gasteiger partial charge is 0.553 e. The Morgan fingerprint density at radius 3 is 2.33 bits per heavy atom. The molecule has 0 unspecified atom stereocenters. The van der Waals surface area contributed by atoms with Crippen molar-refractivity contribution in [3.05, 3.63) is 44.1 Å². The highest BCUT2D eigenvalue weighted by Crippen LogP contribution is 2.07. The number of nitro groups is 2. The lowest BCUT2D eigenvalue weighted by molar-refractivity contribution is -0.392. The van der Waals surface area contributed by atoms with Gasteiger partial charge in [0.1, 0.15) is 0 Å². The summed E-state index contributed by atoms with van der Waals surface area (Å²) < 4.78 is -0.594. The van der Waals surface area contributed by atoms with Crippen LogP contribution in [-0.2, 0) is 0 Å². The fourth-order valence-electron chi connectivity index (χ4n) is 0.773. The number of hydrogen-bond acceptors (Lipinski definition) is 4. The summed E-state index contributed by atoms with van der Waals surface area (Å²) in [5.41, 5.74) is 1.28. The summed E-state index contributed by atoms with van der Waals surface area (Å²) in [5, 5.41) is 20.3. The summed E-state index contributed by atoms with van der Waals surface area (Å²) in [7, 11) is -2.33. The summed E-state index contributed by atoms with van der Waals surface area (Å²) in [5.74, 6) is 0.